The van der Waals surface area contributed by atoms with Crippen LogP contribution in [0.1, 0.15) is 51.4 Å². The topological polar surface area (TPSA) is 38.3 Å². The van der Waals surface area contributed by atoms with Crippen molar-refractivity contribution in [2.75, 3.05) is 7.11 Å². The summed E-state index contributed by atoms with van der Waals surface area (Å²) in [5, 5.41) is 3.09. The minimum absolute atomic E-state index is 0.0619. The molecular formula is C16H25NO2. The van der Waals surface area contributed by atoms with Gasteiger partial charge < -0.3 is 10.1 Å². The molecule has 0 unspecified atom stereocenters. The Labute approximate surface area is 116 Å². The normalized spacial score (nSPS) is 12.1. The first-order valence-corrected chi connectivity index (χ1v) is 6.59. The van der Waals surface area contributed by atoms with Crippen molar-refractivity contribution < 1.29 is 9.53 Å². The summed E-state index contributed by atoms with van der Waals surface area (Å²) in [6.07, 6.45) is 0.912. The number of hydrogen-bond acceptors (Lipinski definition) is 2. The molecule has 0 fully saturated rings. The van der Waals surface area contributed by atoms with Gasteiger partial charge in [0.15, 0.2) is 0 Å². The van der Waals surface area contributed by atoms with Crippen LogP contribution in [0, 0.1) is 5.41 Å². The van der Waals surface area contributed by atoms with Gasteiger partial charge in [-0.05, 0) is 43.9 Å². The summed E-state index contributed by atoms with van der Waals surface area (Å²) in [6, 6.07) is 7.20. The van der Waals surface area contributed by atoms with Crippen molar-refractivity contribution in [2.45, 2.75) is 46.6 Å². The van der Waals surface area contributed by atoms with E-state index in [0.717, 1.165) is 6.42 Å². The van der Waals surface area contributed by atoms with Crippen molar-refractivity contribution in [1.82, 2.24) is 5.32 Å². The van der Waals surface area contributed by atoms with Gasteiger partial charge in [-0.15, -0.1) is 0 Å². The maximum Gasteiger partial charge on any atom is 0.251 e. The van der Waals surface area contributed by atoms with Crippen LogP contribution in [0.2, 0.25) is 0 Å². The Balaban J connectivity index is 2.78. The molecule has 0 radical (unpaired) electrons. The van der Waals surface area contributed by atoms with Gasteiger partial charge in [-0.2, -0.15) is 0 Å². The van der Waals surface area contributed by atoms with Crippen LogP contribution in [0.15, 0.2) is 24.3 Å². The molecule has 106 valence electrons. The van der Waals surface area contributed by atoms with E-state index in [2.05, 4.69) is 39.9 Å². The maximum atomic E-state index is 12.2. The van der Waals surface area contributed by atoms with Gasteiger partial charge in [-0.1, -0.05) is 26.8 Å². The summed E-state index contributed by atoms with van der Waals surface area (Å²) < 4.78 is 5.14. The van der Waals surface area contributed by atoms with Crippen LogP contribution in [0.5, 0.6) is 5.75 Å². The molecule has 0 spiro atoms. The Morgan fingerprint density at radius 2 is 1.84 bits per heavy atom. The van der Waals surface area contributed by atoms with Crippen LogP contribution in [-0.2, 0) is 0 Å². The van der Waals surface area contributed by atoms with E-state index in [1.54, 1.807) is 19.2 Å². The smallest absolute Gasteiger partial charge is 0.251 e. The molecule has 0 aliphatic rings. The van der Waals surface area contributed by atoms with Crippen LogP contribution in [-0.4, -0.2) is 18.6 Å². The minimum atomic E-state index is -0.238. The molecule has 19 heavy (non-hydrogen) atoms. The first-order valence-electron chi connectivity index (χ1n) is 6.59. The predicted octanol–water partition coefficient (Wildman–Crippen LogP) is 3.64. The van der Waals surface area contributed by atoms with Crippen molar-refractivity contribution in [2.24, 2.45) is 5.41 Å². The number of carbonyl (C=O) groups is 1. The molecule has 0 aliphatic heterocycles. The van der Waals surface area contributed by atoms with E-state index in [1.807, 2.05) is 12.1 Å². The van der Waals surface area contributed by atoms with E-state index in [1.165, 1.54) is 0 Å². The molecule has 3 nitrogen and oxygen atoms in total. The van der Waals surface area contributed by atoms with Gasteiger partial charge in [0.05, 0.1) is 7.11 Å². The molecule has 0 bridgehead atoms. The Morgan fingerprint density at radius 3 is 2.37 bits per heavy atom. The standard InChI is InChI=1S/C16H25NO2/c1-15(2,3)11-16(4,5)17-14(18)12-8-7-9-13(10-12)19-6/h7-10H,11H2,1-6H3,(H,17,18). The number of nitrogens with one attached hydrogen (secondary N) is 1. The zero-order valence-electron chi connectivity index (χ0n) is 12.8. The van der Waals surface area contributed by atoms with Gasteiger partial charge in [0.1, 0.15) is 5.75 Å². The lowest BCUT2D eigenvalue weighted by atomic mass is 9.81. The summed E-state index contributed by atoms with van der Waals surface area (Å²) in [4.78, 5) is 12.2. The highest BCUT2D eigenvalue weighted by molar-refractivity contribution is 5.95. The van der Waals surface area contributed by atoms with Gasteiger partial charge in [-0.25, -0.2) is 0 Å². The van der Waals surface area contributed by atoms with Gasteiger partial charge in [-0.3, -0.25) is 4.79 Å². The molecule has 1 N–H and O–H groups in total. The van der Waals surface area contributed by atoms with E-state index in [-0.39, 0.29) is 16.9 Å². The quantitative estimate of drug-likeness (QED) is 0.900. The van der Waals surface area contributed by atoms with Crippen molar-refractivity contribution in [3.63, 3.8) is 0 Å². The molecule has 1 rings (SSSR count). The Hall–Kier alpha value is -1.51. The Morgan fingerprint density at radius 1 is 1.21 bits per heavy atom. The van der Waals surface area contributed by atoms with Crippen molar-refractivity contribution in [3.05, 3.63) is 29.8 Å². The third kappa shape index (κ3) is 5.33. The fourth-order valence-electron chi connectivity index (χ4n) is 2.51. The molecule has 0 saturated carbocycles. The lowest BCUT2D eigenvalue weighted by Crippen LogP contribution is -2.45. The third-order valence-corrected chi connectivity index (χ3v) is 2.76. The number of amides is 1. The summed E-state index contributed by atoms with van der Waals surface area (Å²) >= 11 is 0. The fourth-order valence-corrected chi connectivity index (χ4v) is 2.51. The summed E-state index contributed by atoms with van der Waals surface area (Å²) in [6.45, 7) is 10.6. The molecular weight excluding hydrogens is 238 g/mol. The lowest BCUT2D eigenvalue weighted by molar-refractivity contribution is 0.0891. The van der Waals surface area contributed by atoms with Gasteiger partial charge >= 0.3 is 0 Å². The maximum absolute atomic E-state index is 12.2. The highest BCUT2D eigenvalue weighted by Crippen LogP contribution is 2.27. The largest absolute Gasteiger partial charge is 0.497 e. The first-order chi connectivity index (χ1) is 8.63. The van der Waals surface area contributed by atoms with Crippen molar-refractivity contribution >= 4 is 5.91 Å². The lowest BCUT2D eigenvalue weighted by Gasteiger charge is -2.33. The van der Waals surface area contributed by atoms with Crippen LogP contribution in [0.4, 0.5) is 0 Å². The molecule has 3 heteroatoms. The third-order valence-electron chi connectivity index (χ3n) is 2.76. The summed E-state index contributed by atoms with van der Waals surface area (Å²) in [5.41, 5.74) is 0.560. The Kier molecular flexibility index (Phi) is 4.61. The van der Waals surface area contributed by atoms with Crippen LogP contribution >= 0.6 is 0 Å². The number of methoxy groups -OCH3 is 1. The van der Waals surface area contributed by atoms with Crippen LogP contribution in [0.3, 0.4) is 0 Å². The molecule has 0 aliphatic carbocycles. The van der Waals surface area contributed by atoms with E-state index in [4.69, 9.17) is 4.74 Å². The SMILES string of the molecule is COc1cccc(C(=O)NC(C)(C)CC(C)(C)C)c1. The molecule has 0 saturated heterocycles. The second-order valence-corrected chi connectivity index (χ2v) is 6.81. The number of hydrogen-bond donors (Lipinski definition) is 1. The fraction of sp³-hybridized carbons (Fsp3) is 0.562. The summed E-state index contributed by atoms with van der Waals surface area (Å²) in [7, 11) is 1.60. The molecule has 0 aromatic heterocycles. The zero-order valence-corrected chi connectivity index (χ0v) is 12.8. The van der Waals surface area contributed by atoms with E-state index >= 15 is 0 Å². The zero-order chi connectivity index (χ0) is 14.7. The van der Waals surface area contributed by atoms with E-state index in [0.29, 0.717) is 11.3 Å². The number of ether oxygens (including phenoxy) is 1. The molecule has 0 atom stereocenters. The highest BCUT2D eigenvalue weighted by atomic mass is 16.5. The molecule has 1 amide bonds. The van der Waals surface area contributed by atoms with Crippen molar-refractivity contribution in [3.8, 4) is 5.75 Å². The van der Waals surface area contributed by atoms with Gasteiger partial charge in [0.25, 0.3) is 5.91 Å². The monoisotopic (exact) mass is 263 g/mol. The molecule has 1 aromatic carbocycles. The van der Waals surface area contributed by atoms with E-state index < -0.39 is 0 Å². The first kappa shape index (κ1) is 15.5. The number of benzene rings is 1. The number of carbonyl (C=O) groups excluding carboxylic acids is 1. The number of rotatable bonds is 4. The average molecular weight is 263 g/mol. The highest BCUT2D eigenvalue weighted by Gasteiger charge is 2.27. The Bertz CT molecular complexity index is 444. The van der Waals surface area contributed by atoms with Crippen LogP contribution < -0.4 is 10.1 Å². The molecule has 1 aromatic rings. The second-order valence-electron chi connectivity index (χ2n) is 6.81. The van der Waals surface area contributed by atoms with Gasteiger partial charge in [0.2, 0.25) is 0 Å². The summed E-state index contributed by atoms with van der Waals surface area (Å²) in [5.74, 6) is 0.634. The second kappa shape index (κ2) is 5.64. The molecule has 0 heterocycles. The van der Waals surface area contributed by atoms with Crippen LogP contribution in [0.25, 0.3) is 0 Å². The predicted molar refractivity (Wildman–Crippen MR) is 78.6 cm³/mol. The minimum Gasteiger partial charge on any atom is -0.497 e. The van der Waals surface area contributed by atoms with E-state index in [9.17, 15) is 4.79 Å². The average Bonchev–Trinajstić information content (AvgIpc) is 2.25. The van der Waals surface area contributed by atoms with Crippen molar-refractivity contribution in [1.29, 1.82) is 0 Å². The van der Waals surface area contributed by atoms with Gasteiger partial charge in [0, 0.05) is 11.1 Å².